The molecule has 450 valence electrons. The quantitative estimate of drug-likeness (QED) is 0.0261. The largest absolute Gasteiger partial charge is 0.462 e. The number of hydrogen-bond acceptors (Lipinski definition) is 6. The van der Waals surface area contributed by atoms with Crippen LogP contribution in [0.25, 0.3) is 0 Å². The molecule has 6 nitrogen and oxygen atoms in total. The summed E-state index contributed by atoms with van der Waals surface area (Å²) in [5.74, 6) is -0.845. The Morgan fingerprint density at radius 2 is 0.506 bits per heavy atom. The van der Waals surface area contributed by atoms with Gasteiger partial charge in [0.05, 0.1) is 0 Å². The van der Waals surface area contributed by atoms with Crippen molar-refractivity contribution in [3.63, 3.8) is 0 Å². The summed E-state index contributed by atoms with van der Waals surface area (Å²) in [4.78, 5) is 38.3. The molecule has 0 aliphatic heterocycles. The first-order valence-corrected chi connectivity index (χ1v) is 34.1. The first-order chi connectivity index (χ1) is 38.0. The number of ether oxygens (including phenoxy) is 3. The van der Waals surface area contributed by atoms with E-state index in [1.165, 1.54) is 244 Å². The Hall–Kier alpha value is -2.63. The zero-order chi connectivity index (χ0) is 55.7. The van der Waals surface area contributed by atoms with E-state index in [0.717, 1.165) is 83.5 Å². The molecule has 0 amide bonds. The van der Waals surface area contributed by atoms with E-state index in [9.17, 15) is 14.4 Å². The number of hydrogen-bond donors (Lipinski definition) is 0. The SMILES string of the molecule is CC/C=C\C/C=C\C/C=C\C/C=C\CCCCCCCCCCCCCCCCC(=O)OCC(COC(=O)CCCCCCCCCCC)OC(=O)CCCCCCCCCCCCCCCCCCCCCCCCC. The van der Waals surface area contributed by atoms with Gasteiger partial charge in [0.2, 0.25) is 0 Å². The van der Waals surface area contributed by atoms with Gasteiger partial charge in [0.1, 0.15) is 13.2 Å². The molecule has 0 spiro atoms. The van der Waals surface area contributed by atoms with Crippen LogP contribution >= 0.6 is 0 Å². The van der Waals surface area contributed by atoms with Gasteiger partial charge in [-0.1, -0.05) is 339 Å². The summed E-state index contributed by atoms with van der Waals surface area (Å²) in [6.07, 6.45) is 82.9. The summed E-state index contributed by atoms with van der Waals surface area (Å²) in [5.41, 5.74) is 0. The van der Waals surface area contributed by atoms with Crippen LogP contribution in [0.15, 0.2) is 48.6 Å². The summed E-state index contributed by atoms with van der Waals surface area (Å²) in [5, 5.41) is 0. The molecule has 0 aromatic heterocycles. The topological polar surface area (TPSA) is 78.9 Å². The minimum atomic E-state index is -0.768. The molecule has 0 saturated heterocycles. The Kier molecular flexibility index (Phi) is 63.6. The van der Waals surface area contributed by atoms with E-state index >= 15 is 0 Å². The number of unbranched alkanes of at least 4 members (excludes halogenated alkanes) is 44. The Bertz CT molecular complexity index is 1330. The van der Waals surface area contributed by atoms with Gasteiger partial charge in [0.25, 0.3) is 0 Å². The van der Waals surface area contributed by atoms with Crippen molar-refractivity contribution in [1.82, 2.24) is 0 Å². The first-order valence-electron chi connectivity index (χ1n) is 34.1. The lowest BCUT2D eigenvalue weighted by Gasteiger charge is -2.18. The van der Waals surface area contributed by atoms with Crippen molar-refractivity contribution in [2.75, 3.05) is 13.2 Å². The Labute approximate surface area is 479 Å². The lowest BCUT2D eigenvalue weighted by molar-refractivity contribution is -0.167. The number of esters is 3. The van der Waals surface area contributed by atoms with E-state index < -0.39 is 6.10 Å². The van der Waals surface area contributed by atoms with Crippen LogP contribution in [0.1, 0.15) is 367 Å². The fourth-order valence-electron chi connectivity index (χ4n) is 10.3. The van der Waals surface area contributed by atoms with Crippen molar-refractivity contribution in [2.24, 2.45) is 0 Å². The lowest BCUT2D eigenvalue weighted by Crippen LogP contribution is -2.30. The third-order valence-electron chi connectivity index (χ3n) is 15.3. The zero-order valence-electron chi connectivity index (χ0n) is 51.7. The van der Waals surface area contributed by atoms with Crippen molar-refractivity contribution in [1.29, 1.82) is 0 Å². The Morgan fingerprint density at radius 3 is 0.792 bits per heavy atom. The Balaban J connectivity index is 4.12. The average molecular weight is 1080 g/mol. The van der Waals surface area contributed by atoms with E-state index in [0.29, 0.717) is 19.3 Å². The van der Waals surface area contributed by atoms with Gasteiger partial charge in [-0.3, -0.25) is 14.4 Å². The number of carbonyl (C=O) groups is 3. The monoisotopic (exact) mass is 1080 g/mol. The molecule has 6 heteroatoms. The molecule has 1 unspecified atom stereocenters. The summed E-state index contributed by atoms with van der Waals surface area (Å²) in [6, 6.07) is 0. The van der Waals surface area contributed by atoms with Crippen LogP contribution < -0.4 is 0 Å². The molecular weight excluding hydrogens is 949 g/mol. The molecule has 0 rings (SSSR count). The smallest absolute Gasteiger partial charge is 0.306 e. The third-order valence-corrected chi connectivity index (χ3v) is 15.3. The minimum Gasteiger partial charge on any atom is -0.462 e. The lowest BCUT2D eigenvalue weighted by atomic mass is 10.0. The van der Waals surface area contributed by atoms with Crippen molar-refractivity contribution in [3.8, 4) is 0 Å². The van der Waals surface area contributed by atoms with Crippen molar-refractivity contribution >= 4 is 17.9 Å². The molecule has 0 aliphatic rings. The summed E-state index contributed by atoms with van der Waals surface area (Å²) in [7, 11) is 0. The van der Waals surface area contributed by atoms with E-state index in [2.05, 4.69) is 69.4 Å². The van der Waals surface area contributed by atoms with Crippen molar-refractivity contribution in [2.45, 2.75) is 374 Å². The Morgan fingerprint density at radius 1 is 0.273 bits per heavy atom. The molecule has 0 fully saturated rings. The van der Waals surface area contributed by atoms with Gasteiger partial charge in [-0.15, -0.1) is 0 Å². The molecule has 0 aromatic carbocycles. The fraction of sp³-hybridized carbons (Fsp3) is 0.845. The van der Waals surface area contributed by atoms with E-state index in [-0.39, 0.29) is 31.1 Å². The molecule has 0 heterocycles. The van der Waals surface area contributed by atoms with Gasteiger partial charge in [-0.2, -0.15) is 0 Å². The molecule has 0 bridgehead atoms. The highest BCUT2D eigenvalue weighted by atomic mass is 16.6. The average Bonchev–Trinajstić information content (AvgIpc) is 3.43. The zero-order valence-corrected chi connectivity index (χ0v) is 51.7. The highest BCUT2D eigenvalue weighted by Crippen LogP contribution is 2.18. The normalized spacial score (nSPS) is 12.3. The predicted octanol–water partition coefficient (Wildman–Crippen LogP) is 23.3. The van der Waals surface area contributed by atoms with E-state index in [4.69, 9.17) is 14.2 Å². The number of allylic oxidation sites excluding steroid dienone is 8. The highest BCUT2D eigenvalue weighted by Gasteiger charge is 2.19. The van der Waals surface area contributed by atoms with Gasteiger partial charge in [0, 0.05) is 19.3 Å². The molecule has 77 heavy (non-hydrogen) atoms. The minimum absolute atomic E-state index is 0.0670. The van der Waals surface area contributed by atoms with Crippen LogP contribution in [0.4, 0.5) is 0 Å². The van der Waals surface area contributed by atoms with E-state index in [1.54, 1.807) is 0 Å². The van der Waals surface area contributed by atoms with Crippen LogP contribution in [-0.2, 0) is 28.6 Å². The summed E-state index contributed by atoms with van der Waals surface area (Å²) >= 11 is 0. The molecule has 0 aliphatic carbocycles. The summed E-state index contributed by atoms with van der Waals surface area (Å²) in [6.45, 7) is 6.57. The third kappa shape index (κ3) is 64.1. The second-order valence-electron chi connectivity index (χ2n) is 23.1. The second-order valence-corrected chi connectivity index (χ2v) is 23.1. The molecule has 0 radical (unpaired) electrons. The van der Waals surface area contributed by atoms with Crippen LogP contribution in [0.3, 0.4) is 0 Å². The molecule has 0 aromatic rings. The molecular formula is C71H130O6. The maximum absolute atomic E-state index is 12.9. The van der Waals surface area contributed by atoms with Gasteiger partial charge in [0.15, 0.2) is 6.10 Å². The molecule has 1 atom stereocenters. The van der Waals surface area contributed by atoms with Crippen molar-refractivity contribution < 1.29 is 28.6 Å². The summed E-state index contributed by atoms with van der Waals surface area (Å²) < 4.78 is 16.9. The first kappa shape index (κ1) is 74.4. The fourth-order valence-corrected chi connectivity index (χ4v) is 10.3. The maximum Gasteiger partial charge on any atom is 0.306 e. The van der Waals surface area contributed by atoms with Gasteiger partial charge in [-0.25, -0.2) is 0 Å². The van der Waals surface area contributed by atoms with Crippen LogP contribution in [0.2, 0.25) is 0 Å². The van der Waals surface area contributed by atoms with Gasteiger partial charge >= 0.3 is 17.9 Å². The van der Waals surface area contributed by atoms with Crippen LogP contribution in [-0.4, -0.2) is 37.2 Å². The van der Waals surface area contributed by atoms with Gasteiger partial charge in [-0.05, 0) is 57.8 Å². The predicted molar refractivity (Wildman–Crippen MR) is 335 cm³/mol. The van der Waals surface area contributed by atoms with Crippen LogP contribution in [0.5, 0.6) is 0 Å². The highest BCUT2D eigenvalue weighted by molar-refractivity contribution is 5.71. The van der Waals surface area contributed by atoms with Crippen LogP contribution in [0, 0.1) is 0 Å². The van der Waals surface area contributed by atoms with E-state index in [1.807, 2.05) is 0 Å². The number of carbonyl (C=O) groups excluding carboxylic acids is 3. The standard InChI is InChI=1S/C71H130O6/c1-4-7-10-13-16-19-21-23-25-27-29-31-33-34-35-36-38-39-41-43-45-47-49-52-55-58-61-64-70(73)76-67-68(66-75-69(72)63-60-57-54-51-18-15-12-9-6-3)77-71(74)65-62-59-56-53-50-48-46-44-42-40-37-32-30-28-26-24-22-20-17-14-11-8-5-2/h7,10,16,19,23,25,29,31,68H,4-6,8-9,11-15,17-18,20-22,24,26-28,30,32-67H2,1-3H3/b10-7-,19-16-,25-23-,31-29-. The van der Waals surface area contributed by atoms with Crippen molar-refractivity contribution in [3.05, 3.63) is 48.6 Å². The van der Waals surface area contributed by atoms with Gasteiger partial charge < -0.3 is 14.2 Å². The number of rotatable bonds is 63. The maximum atomic E-state index is 12.9. The second kappa shape index (κ2) is 65.9. The molecule has 0 saturated carbocycles. The molecule has 0 N–H and O–H groups in total.